The Morgan fingerprint density at radius 2 is 1.94 bits per heavy atom. The van der Waals surface area contributed by atoms with Crippen molar-refractivity contribution in [1.82, 2.24) is 5.43 Å². The van der Waals surface area contributed by atoms with Gasteiger partial charge in [-0.25, -0.2) is 0 Å². The fourth-order valence-corrected chi connectivity index (χ4v) is 2.66. The molecular formula is C16H28N2. The van der Waals surface area contributed by atoms with Crippen LogP contribution >= 0.6 is 0 Å². The Kier molecular flexibility index (Phi) is 6.37. The Balaban J connectivity index is 2.96. The molecule has 2 atom stereocenters. The summed E-state index contributed by atoms with van der Waals surface area (Å²) in [5.41, 5.74) is 7.12. The zero-order valence-corrected chi connectivity index (χ0v) is 12.3. The molecule has 2 unspecified atom stereocenters. The monoisotopic (exact) mass is 248 g/mol. The van der Waals surface area contributed by atoms with Crippen molar-refractivity contribution >= 4 is 0 Å². The van der Waals surface area contributed by atoms with Crippen LogP contribution < -0.4 is 11.3 Å². The Morgan fingerprint density at radius 3 is 2.50 bits per heavy atom. The van der Waals surface area contributed by atoms with Gasteiger partial charge in [-0.3, -0.25) is 11.3 Å². The molecule has 102 valence electrons. The quantitative estimate of drug-likeness (QED) is 0.565. The molecule has 2 heteroatoms. The molecule has 0 bridgehead atoms. The van der Waals surface area contributed by atoms with E-state index in [1.807, 2.05) is 0 Å². The summed E-state index contributed by atoms with van der Waals surface area (Å²) >= 11 is 0. The van der Waals surface area contributed by atoms with Gasteiger partial charge in [-0.1, -0.05) is 51.3 Å². The summed E-state index contributed by atoms with van der Waals surface area (Å²) in [5.74, 6) is 6.44. The number of benzene rings is 1. The molecule has 1 aromatic rings. The topological polar surface area (TPSA) is 38.0 Å². The molecule has 0 fully saturated rings. The molecule has 0 amide bonds. The van der Waals surface area contributed by atoms with Gasteiger partial charge in [-0.05, 0) is 42.9 Å². The Bertz CT molecular complexity index is 360. The van der Waals surface area contributed by atoms with Crippen molar-refractivity contribution in [1.29, 1.82) is 0 Å². The lowest BCUT2D eigenvalue weighted by Crippen LogP contribution is -2.34. The van der Waals surface area contributed by atoms with E-state index in [9.17, 15) is 0 Å². The third-order valence-corrected chi connectivity index (χ3v) is 4.09. The fraction of sp³-hybridized carbons (Fsp3) is 0.625. The molecular weight excluding hydrogens is 220 g/mol. The minimum absolute atomic E-state index is 0.279. The van der Waals surface area contributed by atoms with Gasteiger partial charge in [0.15, 0.2) is 0 Å². The molecule has 1 rings (SSSR count). The number of aryl methyl sites for hydroxylation is 1. The first-order chi connectivity index (χ1) is 8.65. The normalized spacial score (nSPS) is 14.5. The average molecular weight is 248 g/mol. The van der Waals surface area contributed by atoms with Crippen LogP contribution in [0.1, 0.15) is 62.3 Å². The predicted octanol–water partition coefficient (Wildman–Crippen LogP) is 4.02. The van der Waals surface area contributed by atoms with E-state index >= 15 is 0 Å². The molecule has 18 heavy (non-hydrogen) atoms. The van der Waals surface area contributed by atoms with Gasteiger partial charge in [-0.2, -0.15) is 0 Å². The van der Waals surface area contributed by atoms with E-state index in [1.165, 1.54) is 42.4 Å². The number of rotatable bonds is 7. The lowest BCUT2D eigenvalue weighted by atomic mass is 9.84. The SMILES string of the molecule is CCCCC(CC)C(NN)c1cccc(C)c1C. The van der Waals surface area contributed by atoms with Crippen LogP contribution in [0.2, 0.25) is 0 Å². The van der Waals surface area contributed by atoms with Gasteiger partial charge in [0.25, 0.3) is 0 Å². The zero-order chi connectivity index (χ0) is 13.5. The molecule has 0 aliphatic rings. The highest BCUT2D eigenvalue weighted by atomic mass is 15.2. The molecule has 1 aromatic carbocycles. The van der Waals surface area contributed by atoms with E-state index in [4.69, 9.17) is 5.84 Å². The predicted molar refractivity (Wildman–Crippen MR) is 79.3 cm³/mol. The molecule has 0 saturated carbocycles. The van der Waals surface area contributed by atoms with E-state index in [-0.39, 0.29) is 6.04 Å². The van der Waals surface area contributed by atoms with Gasteiger partial charge in [0.2, 0.25) is 0 Å². The average Bonchev–Trinajstić information content (AvgIpc) is 2.38. The van der Waals surface area contributed by atoms with Gasteiger partial charge < -0.3 is 0 Å². The second-order valence-corrected chi connectivity index (χ2v) is 5.24. The van der Waals surface area contributed by atoms with Crippen LogP contribution in [-0.4, -0.2) is 0 Å². The van der Waals surface area contributed by atoms with E-state index in [1.54, 1.807) is 0 Å². The van der Waals surface area contributed by atoms with Crippen LogP contribution in [0.3, 0.4) is 0 Å². The molecule has 0 spiro atoms. The summed E-state index contributed by atoms with van der Waals surface area (Å²) in [6.07, 6.45) is 4.94. The number of unbranched alkanes of at least 4 members (excludes halogenated alkanes) is 1. The lowest BCUT2D eigenvalue weighted by Gasteiger charge is -2.28. The van der Waals surface area contributed by atoms with E-state index < -0.39 is 0 Å². The van der Waals surface area contributed by atoms with Crippen molar-refractivity contribution in [2.45, 2.75) is 59.4 Å². The summed E-state index contributed by atoms with van der Waals surface area (Å²) in [4.78, 5) is 0. The molecule has 3 N–H and O–H groups in total. The third-order valence-electron chi connectivity index (χ3n) is 4.09. The van der Waals surface area contributed by atoms with E-state index in [2.05, 4.69) is 51.3 Å². The molecule has 0 aromatic heterocycles. The standard InChI is InChI=1S/C16H28N2/c1-5-7-10-14(6-2)16(18-17)15-11-8-9-12(3)13(15)4/h8-9,11,14,16,18H,5-7,10,17H2,1-4H3. The Morgan fingerprint density at radius 1 is 1.22 bits per heavy atom. The van der Waals surface area contributed by atoms with Crippen molar-refractivity contribution in [3.8, 4) is 0 Å². The number of nitrogens with one attached hydrogen (secondary N) is 1. The third kappa shape index (κ3) is 3.56. The van der Waals surface area contributed by atoms with Crippen molar-refractivity contribution in [3.63, 3.8) is 0 Å². The highest BCUT2D eigenvalue weighted by Gasteiger charge is 2.21. The second kappa shape index (κ2) is 7.55. The minimum atomic E-state index is 0.279. The molecule has 2 nitrogen and oxygen atoms in total. The molecule has 0 aliphatic heterocycles. The van der Waals surface area contributed by atoms with Crippen molar-refractivity contribution < 1.29 is 0 Å². The molecule has 0 heterocycles. The Hall–Kier alpha value is -0.860. The maximum absolute atomic E-state index is 5.82. The van der Waals surface area contributed by atoms with E-state index in [0.29, 0.717) is 5.92 Å². The van der Waals surface area contributed by atoms with Crippen LogP contribution in [0.25, 0.3) is 0 Å². The first-order valence-electron chi connectivity index (χ1n) is 7.17. The lowest BCUT2D eigenvalue weighted by molar-refractivity contribution is 0.326. The molecule has 0 saturated heterocycles. The van der Waals surface area contributed by atoms with Crippen molar-refractivity contribution in [2.24, 2.45) is 11.8 Å². The van der Waals surface area contributed by atoms with Gasteiger partial charge in [0.1, 0.15) is 0 Å². The summed E-state index contributed by atoms with van der Waals surface area (Å²) < 4.78 is 0. The van der Waals surface area contributed by atoms with Gasteiger partial charge >= 0.3 is 0 Å². The largest absolute Gasteiger partial charge is 0.271 e. The van der Waals surface area contributed by atoms with Crippen LogP contribution in [0.4, 0.5) is 0 Å². The highest BCUT2D eigenvalue weighted by molar-refractivity contribution is 5.35. The summed E-state index contributed by atoms with van der Waals surface area (Å²) in [6.45, 7) is 8.87. The number of hydrogen-bond acceptors (Lipinski definition) is 2. The second-order valence-electron chi connectivity index (χ2n) is 5.24. The van der Waals surface area contributed by atoms with Crippen LogP contribution in [0.15, 0.2) is 18.2 Å². The number of nitrogens with two attached hydrogens (primary N) is 1. The summed E-state index contributed by atoms with van der Waals surface area (Å²) in [6, 6.07) is 6.79. The number of hydrogen-bond donors (Lipinski definition) is 2. The maximum atomic E-state index is 5.82. The van der Waals surface area contributed by atoms with Crippen LogP contribution in [0, 0.1) is 19.8 Å². The zero-order valence-electron chi connectivity index (χ0n) is 12.3. The van der Waals surface area contributed by atoms with Gasteiger partial charge in [0, 0.05) is 6.04 Å². The number of hydrazine groups is 1. The van der Waals surface area contributed by atoms with Crippen molar-refractivity contribution in [3.05, 3.63) is 34.9 Å². The fourth-order valence-electron chi connectivity index (χ4n) is 2.66. The first kappa shape index (κ1) is 15.2. The smallest absolute Gasteiger partial charge is 0.0490 e. The van der Waals surface area contributed by atoms with Crippen LogP contribution in [0.5, 0.6) is 0 Å². The van der Waals surface area contributed by atoms with Crippen LogP contribution in [-0.2, 0) is 0 Å². The Labute approximate surface area is 112 Å². The van der Waals surface area contributed by atoms with Gasteiger partial charge in [0.05, 0.1) is 0 Å². The van der Waals surface area contributed by atoms with Gasteiger partial charge in [-0.15, -0.1) is 0 Å². The summed E-state index contributed by atoms with van der Waals surface area (Å²) in [5, 5.41) is 0. The first-order valence-corrected chi connectivity index (χ1v) is 7.17. The molecule has 0 aliphatic carbocycles. The molecule has 0 radical (unpaired) electrons. The summed E-state index contributed by atoms with van der Waals surface area (Å²) in [7, 11) is 0. The highest BCUT2D eigenvalue weighted by Crippen LogP contribution is 2.31. The minimum Gasteiger partial charge on any atom is -0.271 e. The maximum Gasteiger partial charge on any atom is 0.0490 e. The van der Waals surface area contributed by atoms with Crippen molar-refractivity contribution in [2.75, 3.05) is 0 Å². The van der Waals surface area contributed by atoms with E-state index in [0.717, 1.165) is 0 Å².